The SMILES string of the molecule is O=S(=O)(c1ccccc1)C(F)(F)c1ccccc1. The molecule has 0 aliphatic rings. The second-order valence-electron chi connectivity index (χ2n) is 3.70. The minimum absolute atomic E-state index is 0.390. The molecule has 2 nitrogen and oxygen atoms in total. The van der Waals surface area contributed by atoms with Gasteiger partial charge in [-0.15, -0.1) is 0 Å². The highest BCUT2D eigenvalue weighted by atomic mass is 32.2. The minimum Gasteiger partial charge on any atom is -0.217 e. The van der Waals surface area contributed by atoms with E-state index in [-0.39, 0.29) is 4.90 Å². The molecular formula is C13H10F2O2S. The largest absolute Gasteiger partial charge is 0.375 e. The molecule has 18 heavy (non-hydrogen) atoms. The Bertz CT molecular complexity index is 623. The number of sulfone groups is 1. The van der Waals surface area contributed by atoms with Crippen molar-refractivity contribution in [2.75, 3.05) is 0 Å². The normalized spacial score (nSPS) is 12.3. The van der Waals surface area contributed by atoms with Gasteiger partial charge in [0.25, 0.3) is 0 Å². The van der Waals surface area contributed by atoms with E-state index >= 15 is 0 Å². The van der Waals surface area contributed by atoms with Crippen LogP contribution in [0.15, 0.2) is 65.6 Å². The topological polar surface area (TPSA) is 34.1 Å². The van der Waals surface area contributed by atoms with E-state index in [0.717, 1.165) is 24.3 Å². The van der Waals surface area contributed by atoms with Crippen molar-refractivity contribution >= 4 is 9.84 Å². The molecule has 0 saturated heterocycles. The average Bonchev–Trinajstić information content (AvgIpc) is 2.40. The molecule has 0 spiro atoms. The smallest absolute Gasteiger partial charge is 0.217 e. The lowest BCUT2D eigenvalue weighted by molar-refractivity contribution is 0.0906. The molecule has 5 heteroatoms. The lowest BCUT2D eigenvalue weighted by Crippen LogP contribution is -2.26. The first-order chi connectivity index (χ1) is 8.46. The van der Waals surface area contributed by atoms with Gasteiger partial charge in [0.15, 0.2) is 0 Å². The van der Waals surface area contributed by atoms with Crippen molar-refractivity contribution in [1.29, 1.82) is 0 Å². The van der Waals surface area contributed by atoms with Crippen LogP contribution in [0, 0.1) is 0 Å². The van der Waals surface area contributed by atoms with Crippen LogP contribution < -0.4 is 0 Å². The maximum absolute atomic E-state index is 14.0. The number of hydrogen-bond acceptors (Lipinski definition) is 2. The van der Waals surface area contributed by atoms with E-state index < -0.39 is 20.7 Å². The second-order valence-corrected chi connectivity index (χ2v) is 5.69. The average molecular weight is 268 g/mol. The van der Waals surface area contributed by atoms with Gasteiger partial charge in [0, 0.05) is 5.56 Å². The standard InChI is InChI=1S/C13H10F2O2S/c14-13(15,11-7-3-1-4-8-11)18(16,17)12-9-5-2-6-10-12/h1-10H. The first-order valence-corrected chi connectivity index (χ1v) is 6.67. The maximum atomic E-state index is 14.0. The van der Waals surface area contributed by atoms with Gasteiger partial charge in [-0.1, -0.05) is 48.5 Å². The Hall–Kier alpha value is -1.75. The molecule has 0 aromatic heterocycles. The molecule has 94 valence electrons. The van der Waals surface area contributed by atoms with Gasteiger partial charge >= 0.3 is 5.25 Å². The van der Waals surface area contributed by atoms with Crippen molar-refractivity contribution in [1.82, 2.24) is 0 Å². The maximum Gasteiger partial charge on any atom is 0.375 e. The molecule has 0 heterocycles. The molecule has 2 rings (SSSR count). The summed E-state index contributed by atoms with van der Waals surface area (Å²) in [6, 6.07) is 13.2. The van der Waals surface area contributed by atoms with Crippen molar-refractivity contribution in [2.45, 2.75) is 10.2 Å². The molecule has 0 atom stereocenters. The van der Waals surface area contributed by atoms with Crippen molar-refractivity contribution in [3.05, 3.63) is 66.2 Å². The van der Waals surface area contributed by atoms with Gasteiger partial charge in [0.2, 0.25) is 9.84 Å². The van der Waals surface area contributed by atoms with E-state index in [4.69, 9.17) is 0 Å². The van der Waals surface area contributed by atoms with Crippen LogP contribution in [0.1, 0.15) is 5.56 Å². The number of hydrogen-bond donors (Lipinski definition) is 0. The lowest BCUT2D eigenvalue weighted by atomic mass is 10.2. The summed E-state index contributed by atoms with van der Waals surface area (Å²) in [6.07, 6.45) is 0. The Balaban J connectivity index is 2.55. The quantitative estimate of drug-likeness (QED) is 0.856. The van der Waals surface area contributed by atoms with Gasteiger partial charge in [-0.25, -0.2) is 8.42 Å². The first-order valence-electron chi connectivity index (χ1n) is 5.19. The zero-order chi connectivity index (χ0) is 13.2. The van der Waals surface area contributed by atoms with Crippen molar-refractivity contribution in [3.63, 3.8) is 0 Å². The van der Waals surface area contributed by atoms with Crippen LogP contribution in [0.2, 0.25) is 0 Å². The van der Waals surface area contributed by atoms with Crippen LogP contribution >= 0.6 is 0 Å². The number of alkyl halides is 2. The van der Waals surface area contributed by atoms with Crippen molar-refractivity contribution < 1.29 is 17.2 Å². The van der Waals surface area contributed by atoms with Gasteiger partial charge in [0.05, 0.1) is 4.90 Å². The van der Waals surface area contributed by atoms with Gasteiger partial charge in [0.1, 0.15) is 0 Å². The molecule has 0 N–H and O–H groups in total. The summed E-state index contributed by atoms with van der Waals surface area (Å²) in [5, 5.41) is -3.93. The predicted molar refractivity (Wildman–Crippen MR) is 64.0 cm³/mol. The van der Waals surface area contributed by atoms with Crippen LogP contribution in [0.25, 0.3) is 0 Å². The summed E-state index contributed by atoms with van der Waals surface area (Å²) in [5.41, 5.74) is -0.533. The van der Waals surface area contributed by atoms with E-state index in [0.29, 0.717) is 0 Å². The number of benzene rings is 2. The van der Waals surface area contributed by atoms with E-state index in [1.165, 1.54) is 24.3 Å². The Labute approximate surface area is 104 Å². The van der Waals surface area contributed by atoms with Gasteiger partial charge in [-0.2, -0.15) is 8.78 Å². The molecule has 0 aliphatic carbocycles. The molecule has 0 saturated carbocycles. The predicted octanol–water partition coefficient (Wildman–Crippen LogP) is 3.21. The Kier molecular flexibility index (Phi) is 3.17. The van der Waals surface area contributed by atoms with Crippen LogP contribution in [0.4, 0.5) is 8.78 Å². The summed E-state index contributed by atoms with van der Waals surface area (Å²) in [7, 11) is -4.72. The highest BCUT2D eigenvalue weighted by Gasteiger charge is 2.47. The molecule has 2 aromatic carbocycles. The fourth-order valence-corrected chi connectivity index (χ4v) is 2.79. The third kappa shape index (κ3) is 2.01. The summed E-state index contributed by atoms with van der Waals surface area (Å²) in [6.45, 7) is 0. The molecule has 0 fully saturated rings. The lowest BCUT2D eigenvalue weighted by Gasteiger charge is -2.17. The molecule has 2 aromatic rings. The fourth-order valence-electron chi connectivity index (χ4n) is 1.53. The third-order valence-corrected chi connectivity index (χ3v) is 4.30. The summed E-state index contributed by atoms with van der Waals surface area (Å²) in [5.74, 6) is 0. The Morgan fingerprint density at radius 2 is 1.22 bits per heavy atom. The van der Waals surface area contributed by atoms with Gasteiger partial charge in [-0.05, 0) is 12.1 Å². The Morgan fingerprint density at radius 1 is 0.778 bits per heavy atom. The van der Waals surface area contributed by atoms with E-state index in [2.05, 4.69) is 0 Å². The first kappa shape index (κ1) is 12.7. The Morgan fingerprint density at radius 3 is 1.72 bits per heavy atom. The van der Waals surface area contributed by atoms with Gasteiger partial charge in [-0.3, -0.25) is 0 Å². The van der Waals surface area contributed by atoms with Crippen molar-refractivity contribution in [2.24, 2.45) is 0 Å². The molecule has 0 aliphatic heterocycles. The molecular weight excluding hydrogens is 258 g/mol. The summed E-state index contributed by atoms with van der Waals surface area (Å²) in [4.78, 5) is -0.390. The van der Waals surface area contributed by atoms with Crippen molar-refractivity contribution in [3.8, 4) is 0 Å². The molecule has 0 bridgehead atoms. The van der Waals surface area contributed by atoms with Crippen LogP contribution in [-0.2, 0) is 15.1 Å². The van der Waals surface area contributed by atoms with Crippen LogP contribution in [0.5, 0.6) is 0 Å². The zero-order valence-electron chi connectivity index (χ0n) is 9.25. The summed E-state index contributed by atoms with van der Waals surface area (Å²) >= 11 is 0. The van der Waals surface area contributed by atoms with E-state index in [1.54, 1.807) is 12.1 Å². The molecule has 0 radical (unpaired) electrons. The van der Waals surface area contributed by atoms with Crippen LogP contribution in [-0.4, -0.2) is 8.42 Å². The highest BCUT2D eigenvalue weighted by Crippen LogP contribution is 2.38. The second kappa shape index (κ2) is 4.49. The fraction of sp³-hybridized carbons (Fsp3) is 0.0769. The van der Waals surface area contributed by atoms with Crippen LogP contribution in [0.3, 0.4) is 0 Å². The van der Waals surface area contributed by atoms with E-state index in [9.17, 15) is 17.2 Å². The number of rotatable bonds is 3. The number of halogens is 2. The van der Waals surface area contributed by atoms with Gasteiger partial charge < -0.3 is 0 Å². The summed E-state index contributed by atoms with van der Waals surface area (Å²) < 4.78 is 51.9. The highest BCUT2D eigenvalue weighted by molar-refractivity contribution is 7.92. The zero-order valence-corrected chi connectivity index (χ0v) is 10.1. The minimum atomic E-state index is -4.72. The van der Waals surface area contributed by atoms with E-state index in [1.807, 2.05) is 0 Å². The third-order valence-electron chi connectivity index (χ3n) is 2.50. The monoisotopic (exact) mass is 268 g/mol. The molecule has 0 unspecified atom stereocenters. The molecule has 0 amide bonds.